The van der Waals surface area contributed by atoms with Gasteiger partial charge in [-0.3, -0.25) is 4.79 Å². The molecule has 1 unspecified atom stereocenters. The van der Waals surface area contributed by atoms with Crippen molar-refractivity contribution < 1.29 is 18.3 Å². The van der Waals surface area contributed by atoms with Crippen molar-refractivity contribution in [3.8, 4) is 0 Å². The van der Waals surface area contributed by atoms with Gasteiger partial charge in [-0.25, -0.2) is 8.42 Å². The molecule has 0 aliphatic carbocycles. The van der Waals surface area contributed by atoms with E-state index in [-0.39, 0.29) is 11.4 Å². The molecule has 2 heterocycles. The number of rotatable bonds is 4. The minimum atomic E-state index is -3.67. The Hall–Kier alpha value is -1.86. The first-order chi connectivity index (χ1) is 11.3. The molecule has 1 aromatic heterocycles. The zero-order chi connectivity index (χ0) is 17.5. The van der Waals surface area contributed by atoms with Crippen LogP contribution in [0.3, 0.4) is 0 Å². The van der Waals surface area contributed by atoms with Crippen LogP contribution < -0.4 is 0 Å². The van der Waals surface area contributed by atoms with E-state index in [1.54, 1.807) is 12.1 Å². The van der Waals surface area contributed by atoms with Crippen molar-refractivity contribution in [3.05, 3.63) is 30.5 Å². The van der Waals surface area contributed by atoms with E-state index in [9.17, 15) is 13.2 Å². The summed E-state index contributed by atoms with van der Waals surface area (Å²) in [6, 6.07) is 7.31. The molecule has 1 aliphatic heterocycles. The van der Waals surface area contributed by atoms with Crippen LogP contribution in [0.15, 0.2) is 35.4 Å². The van der Waals surface area contributed by atoms with Crippen LogP contribution in [0.25, 0.3) is 10.9 Å². The molecule has 0 spiro atoms. The number of benzene rings is 1. The summed E-state index contributed by atoms with van der Waals surface area (Å²) in [4.78, 5) is 11.4. The van der Waals surface area contributed by atoms with Crippen molar-refractivity contribution in [1.82, 2.24) is 8.87 Å². The topological polar surface area (TPSA) is 79.6 Å². The standard InChI is InChI=1S/C17H22N2O4S/c1-12(2)19-9-7-13-10-15(5-6-16(13)19)24(22,23)18-8-3-4-14(11-18)17(20)21/h5-7,9-10,12,14H,3-4,8,11H2,1-2H3,(H,20,21). The molecule has 2 aromatic rings. The maximum Gasteiger partial charge on any atom is 0.307 e. The molecule has 1 N–H and O–H groups in total. The minimum Gasteiger partial charge on any atom is -0.481 e. The maximum atomic E-state index is 12.9. The zero-order valence-corrected chi connectivity index (χ0v) is 14.7. The number of aromatic nitrogens is 1. The third-order valence-electron chi connectivity index (χ3n) is 4.62. The Morgan fingerprint density at radius 1 is 1.29 bits per heavy atom. The molecule has 0 amide bonds. The Labute approximate surface area is 141 Å². The molecule has 7 heteroatoms. The second-order valence-electron chi connectivity index (χ2n) is 6.58. The second-order valence-corrected chi connectivity index (χ2v) is 8.52. The fourth-order valence-corrected chi connectivity index (χ4v) is 4.82. The summed E-state index contributed by atoms with van der Waals surface area (Å²) in [7, 11) is -3.67. The van der Waals surface area contributed by atoms with E-state index in [4.69, 9.17) is 5.11 Å². The van der Waals surface area contributed by atoms with Crippen LogP contribution in [0.1, 0.15) is 32.7 Å². The molecule has 3 rings (SSSR count). The van der Waals surface area contributed by atoms with Crippen molar-refractivity contribution in [2.75, 3.05) is 13.1 Å². The highest BCUT2D eigenvalue weighted by atomic mass is 32.2. The summed E-state index contributed by atoms with van der Waals surface area (Å²) in [6.45, 7) is 4.56. The SMILES string of the molecule is CC(C)n1ccc2cc(S(=O)(=O)N3CCCC(C(=O)O)C3)ccc21. The van der Waals surface area contributed by atoms with Crippen LogP contribution in [0.5, 0.6) is 0 Å². The first-order valence-corrected chi connectivity index (χ1v) is 9.58. The molecule has 24 heavy (non-hydrogen) atoms. The fraction of sp³-hybridized carbons (Fsp3) is 0.471. The van der Waals surface area contributed by atoms with Crippen LogP contribution in [-0.4, -0.2) is 41.5 Å². The van der Waals surface area contributed by atoms with Crippen molar-refractivity contribution >= 4 is 26.9 Å². The van der Waals surface area contributed by atoms with E-state index in [1.807, 2.05) is 18.3 Å². The number of hydrogen-bond donors (Lipinski definition) is 1. The average molecular weight is 350 g/mol. The maximum absolute atomic E-state index is 12.9. The number of hydrogen-bond acceptors (Lipinski definition) is 3. The van der Waals surface area contributed by atoms with Gasteiger partial charge in [-0.15, -0.1) is 0 Å². The number of carbonyl (C=O) groups is 1. The number of carboxylic acid groups (broad SMARTS) is 1. The molecule has 1 fully saturated rings. The lowest BCUT2D eigenvalue weighted by Gasteiger charge is -2.29. The molecule has 0 radical (unpaired) electrons. The van der Waals surface area contributed by atoms with Gasteiger partial charge in [0.25, 0.3) is 0 Å². The number of nitrogens with zero attached hydrogens (tertiary/aromatic N) is 2. The fourth-order valence-electron chi connectivity index (χ4n) is 3.26. The van der Waals surface area contributed by atoms with E-state index >= 15 is 0 Å². The molecule has 0 bridgehead atoms. The quantitative estimate of drug-likeness (QED) is 0.919. The Morgan fingerprint density at radius 2 is 2.04 bits per heavy atom. The predicted octanol–water partition coefficient (Wildman–Crippen LogP) is 2.71. The lowest BCUT2D eigenvalue weighted by Crippen LogP contribution is -2.42. The smallest absolute Gasteiger partial charge is 0.307 e. The van der Waals surface area contributed by atoms with E-state index in [1.165, 1.54) is 4.31 Å². The highest BCUT2D eigenvalue weighted by molar-refractivity contribution is 7.89. The van der Waals surface area contributed by atoms with Gasteiger partial charge in [-0.2, -0.15) is 4.31 Å². The molecule has 0 saturated carbocycles. The van der Waals surface area contributed by atoms with Crippen LogP contribution in [0.4, 0.5) is 0 Å². The first kappa shape index (κ1) is 17.0. The molecule has 6 nitrogen and oxygen atoms in total. The van der Waals surface area contributed by atoms with Gasteiger partial charge >= 0.3 is 5.97 Å². The van der Waals surface area contributed by atoms with Gasteiger partial charge in [-0.05, 0) is 51.0 Å². The third-order valence-corrected chi connectivity index (χ3v) is 6.48. The normalized spacial score (nSPS) is 19.9. The molecule has 1 aromatic carbocycles. The van der Waals surface area contributed by atoms with Gasteiger partial charge in [-0.1, -0.05) is 0 Å². The largest absolute Gasteiger partial charge is 0.481 e. The molecular weight excluding hydrogens is 328 g/mol. The van der Waals surface area contributed by atoms with E-state index in [2.05, 4.69) is 18.4 Å². The summed E-state index contributed by atoms with van der Waals surface area (Å²) in [5.41, 5.74) is 0.992. The monoisotopic (exact) mass is 350 g/mol. The minimum absolute atomic E-state index is 0.0444. The van der Waals surface area contributed by atoms with Gasteiger partial charge in [0.15, 0.2) is 0 Å². The van der Waals surface area contributed by atoms with E-state index in [0.717, 1.165) is 10.9 Å². The summed E-state index contributed by atoms with van der Waals surface area (Å²) < 4.78 is 29.1. The number of fused-ring (bicyclic) bond motifs is 1. The molecule has 1 saturated heterocycles. The van der Waals surface area contributed by atoms with Crippen LogP contribution in [0.2, 0.25) is 0 Å². The van der Waals surface area contributed by atoms with Crippen molar-refractivity contribution in [1.29, 1.82) is 0 Å². The van der Waals surface area contributed by atoms with Crippen LogP contribution >= 0.6 is 0 Å². The van der Waals surface area contributed by atoms with Crippen molar-refractivity contribution in [2.45, 2.75) is 37.6 Å². The molecule has 130 valence electrons. The Morgan fingerprint density at radius 3 is 2.71 bits per heavy atom. The van der Waals surface area contributed by atoms with Gasteiger partial charge in [0, 0.05) is 36.2 Å². The number of sulfonamides is 1. The number of aliphatic carboxylic acids is 1. The van der Waals surface area contributed by atoms with Crippen molar-refractivity contribution in [2.24, 2.45) is 5.92 Å². The van der Waals surface area contributed by atoms with Gasteiger partial charge in [0.1, 0.15) is 0 Å². The summed E-state index contributed by atoms with van der Waals surface area (Å²) in [6.07, 6.45) is 3.05. The highest BCUT2D eigenvalue weighted by Crippen LogP contribution is 2.27. The van der Waals surface area contributed by atoms with E-state index in [0.29, 0.717) is 25.4 Å². The third kappa shape index (κ3) is 2.93. The van der Waals surface area contributed by atoms with E-state index < -0.39 is 21.9 Å². The van der Waals surface area contributed by atoms with Gasteiger partial charge in [0.05, 0.1) is 10.8 Å². The number of piperidine rings is 1. The Balaban J connectivity index is 1.95. The second kappa shape index (κ2) is 6.22. The highest BCUT2D eigenvalue weighted by Gasteiger charge is 2.33. The molecular formula is C17H22N2O4S. The first-order valence-electron chi connectivity index (χ1n) is 8.14. The summed E-state index contributed by atoms with van der Waals surface area (Å²) >= 11 is 0. The lowest BCUT2D eigenvalue weighted by molar-refractivity contribution is -0.142. The lowest BCUT2D eigenvalue weighted by atomic mass is 10.0. The van der Waals surface area contributed by atoms with Crippen LogP contribution in [-0.2, 0) is 14.8 Å². The van der Waals surface area contributed by atoms with Crippen molar-refractivity contribution in [3.63, 3.8) is 0 Å². The summed E-state index contributed by atoms with van der Waals surface area (Å²) in [5, 5.41) is 10.0. The molecule has 1 atom stereocenters. The average Bonchev–Trinajstić information content (AvgIpc) is 2.98. The Bertz CT molecular complexity index is 870. The van der Waals surface area contributed by atoms with Gasteiger partial charge < -0.3 is 9.67 Å². The van der Waals surface area contributed by atoms with Gasteiger partial charge in [0.2, 0.25) is 10.0 Å². The Kier molecular flexibility index (Phi) is 4.40. The number of carboxylic acids is 1. The molecule has 1 aliphatic rings. The predicted molar refractivity (Wildman–Crippen MR) is 91.4 cm³/mol. The van der Waals surface area contributed by atoms with Crippen LogP contribution in [0, 0.1) is 5.92 Å². The summed E-state index contributed by atoms with van der Waals surface area (Å²) in [5.74, 6) is -1.56. The zero-order valence-electron chi connectivity index (χ0n) is 13.8.